The first-order chi connectivity index (χ1) is 8.61. The molecular formula is C13H13BrN4. The van der Waals surface area contributed by atoms with E-state index in [2.05, 4.69) is 32.3 Å². The highest BCUT2D eigenvalue weighted by Gasteiger charge is 2.15. The minimum Gasteiger partial charge on any atom is -0.243 e. The summed E-state index contributed by atoms with van der Waals surface area (Å²) < 4.78 is 2.85. The second-order valence-corrected chi connectivity index (χ2v) is 5.29. The Bertz CT molecular complexity index is 578. The lowest BCUT2D eigenvalue weighted by Gasteiger charge is -2.09. The molecule has 0 aliphatic carbocycles. The van der Waals surface area contributed by atoms with E-state index in [4.69, 9.17) is 5.26 Å². The van der Waals surface area contributed by atoms with Crippen molar-refractivity contribution in [3.05, 3.63) is 45.7 Å². The first-order valence-electron chi connectivity index (χ1n) is 5.69. The molecule has 1 aromatic heterocycles. The maximum absolute atomic E-state index is 9.01. The van der Waals surface area contributed by atoms with E-state index >= 15 is 0 Å². The molecule has 0 radical (unpaired) electrons. The van der Waals surface area contributed by atoms with Gasteiger partial charge in [-0.05, 0) is 23.6 Å². The SMILES string of the molecule is CC(C)c1c(C#N)nnn1Cc1ccc(Br)cc1. The van der Waals surface area contributed by atoms with Crippen molar-refractivity contribution in [2.45, 2.75) is 26.3 Å². The second kappa shape index (κ2) is 5.32. The van der Waals surface area contributed by atoms with Gasteiger partial charge in [-0.3, -0.25) is 0 Å². The van der Waals surface area contributed by atoms with Crippen LogP contribution in [0.1, 0.15) is 36.7 Å². The Labute approximate surface area is 114 Å². The van der Waals surface area contributed by atoms with E-state index in [1.807, 2.05) is 38.1 Å². The Balaban J connectivity index is 2.32. The van der Waals surface area contributed by atoms with Crippen LogP contribution in [0, 0.1) is 11.3 Å². The summed E-state index contributed by atoms with van der Waals surface area (Å²) in [5.74, 6) is 0.227. The van der Waals surface area contributed by atoms with Crippen molar-refractivity contribution >= 4 is 15.9 Å². The highest BCUT2D eigenvalue weighted by Crippen LogP contribution is 2.18. The number of nitrogens with zero attached hydrogens (tertiary/aromatic N) is 4. The fourth-order valence-electron chi connectivity index (χ4n) is 1.85. The standard InChI is InChI=1S/C13H13BrN4/c1-9(2)13-12(7-15)16-17-18(13)8-10-3-5-11(14)6-4-10/h3-6,9H,8H2,1-2H3. The minimum atomic E-state index is 0.227. The Morgan fingerprint density at radius 1 is 1.33 bits per heavy atom. The zero-order chi connectivity index (χ0) is 13.1. The van der Waals surface area contributed by atoms with Crippen molar-refractivity contribution in [2.24, 2.45) is 0 Å². The van der Waals surface area contributed by atoms with E-state index in [9.17, 15) is 0 Å². The van der Waals surface area contributed by atoms with Gasteiger partial charge in [-0.15, -0.1) is 5.10 Å². The molecule has 2 rings (SSSR count). The van der Waals surface area contributed by atoms with Crippen LogP contribution in [-0.4, -0.2) is 15.0 Å². The molecule has 0 bridgehead atoms. The smallest absolute Gasteiger partial charge is 0.186 e. The monoisotopic (exact) mass is 304 g/mol. The van der Waals surface area contributed by atoms with E-state index in [1.54, 1.807) is 4.68 Å². The average molecular weight is 305 g/mol. The van der Waals surface area contributed by atoms with Crippen molar-refractivity contribution in [3.8, 4) is 6.07 Å². The third-order valence-corrected chi connectivity index (χ3v) is 3.20. The maximum Gasteiger partial charge on any atom is 0.186 e. The van der Waals surface area contributed by atoms with Gasteiger partial charge in [0.25, 0.3) is 0 Å². The minimum absolute atomic E-state index is 0.227. The third kappa shape index (κ3) is 2.59. The zero-order valence-electron chi connectivity index (χ0n) is 10.3. The molecule has 92 valence electrons. The molecule has 1 heterocycles. The van der Waals surface area contributed by atoms with Crippen LogP contribution in [0.3, 0.4) is 0 Å². The fourth-order valence-corrected chi connectivity index (χ4v) is 2.12. The van der Waals surface area contributed by atoms with Gasteiger partial charge in [0.2, 0.25) is 0 Å². The molecule has 0 unspecified atom stereocenters. The number of hydrogen-bond acceptors (Lipinski definition) is 3. The normalized spacial score (nSPS) is 10.6. The summed E-state index contributed by atoms with van der Waals surface area (Å²) in [6.07, 6.45) is 0. The summed E-state index contributed by atoms with van der Waals surface area (Å²) in [7, 11) is 0. The number of hydrogen-bond donors (Lipinski definition) is 0. The summed E-state index contributed by atoms with van der Waals surface area (Å²) in [5.41, 5.74) is 2.44. The molecule has 0 N–H and O–H groups in total. The van der Waals surface area contributed by atoms with Gasteiger partial charge < -0.3 is 0 Å². The van der Waals surface area contributed by atoms with E-state index in [1.165, 1.54) is 0 Å². The van der Waals surface area contributed by atoms with Gasteiger partial charge in [0, 0.05) is 4.47 Å². The lowest BCUT2D eigenvalue weighted by molar-refractivity contribution is 0.598. The van der Waals surface area contributed by atoms with Gasteiger partial charge in [0.05, 0.1) is 12.2 Å². The van der Waals surface area contributed by atoms with Crippen LogP contribution in [0.2, 0.25) is 0 Å². The zero-order valence-corrected chi connectivity index (χ0v) is 11.8. The van der Waals surface area contributed by atoms with Crippen LogP contribution in [0.25, 0.3) is 0 Å². The second-order valence-electron chi connectivity index (χ2n) is 4.37. The maximum atomic E-state index is 9.01. The van der Waals surface area contributed by atoms with Crippen LogP contribution >= 0.6 is 15.9 Å². The molecule has 5 heteroatoms. The number of halogens is 1. The largest absolute Gasteiger partial charge is 0.243 e. The average Bonchev–Trinajstić information content (AvgIpc) is 2.75. The van der Waals surface area contributed by atoms with Crippen molar-refractivity contribution in [1.29, 1.82) is 5.26 Å². The number of rotatable bonds is 3. The summed E-state index contributed by atoms with van der Waals surface area (Å²) in [4.78, 5) is 0. The van der Waals surface area contributed by atoms with Gasteiger partial charge in [-0.2, -0.15) is 5.26 Å². The number of benzene rings is 1. The summed E-state index contributed by atoms with van der Waals surface area (Å²) >= 11 is 3.41. The van der Waals surface area contributed by atoms with Gasteiger partial charge in [0.15, 0.2) is 5.69 Å². The van der Waals surface area contributed by atoms with Crippen molar-refractivity contribution in [3.63, 3.8) is 0 Å². The Morgan fingerprint density at radius 2 is 2.00 bits per heavy atom. The lowest BCUT2D eigenvalue weighted by Crippen LogP contribution is -2.08. The van der Waals surface area contributed by atoms with Crippen LogP contribution < -0.4 is 0 Å². The quantitative estimate of drug-likeness (QED) is 0.875. The molecule has 0 aliphatic rings. The Hall–Kier alpha value is -1.67. The lowest BCUT2D eigenvalue weighted by atomic mass is 10.1. The summed E-state index contributed by atoms with van der Waals surface area (Å²) in [6, 6.07) is 10.1. The molecule has 0 aliphatic heterocycles. The van der Waals surface area contributed by atoms with Crippen LogP contribution in [0.4, 0.5) is 0 Å². The van der Waals surface area contributed by atoms with E-state index in [0.29, 0.717) is 12.2 Å². The molecule has 0 atom stereocenters. The first-order valence-corrected chi connectivity index (χ1v) is 6.49. The van der Waals surface area contributed by atoms with Crippen molar-refractivity contribution in [1.82, 2.24) is 15.0 Å². The van der Waals surface area contributed by atoms with Crippen molar-refractivity contribution in [2.75, 3.05) is 0 Å². The van der Waals surface area contributed by atoms with Crippen LogP contribution in [-0.2, 0) is 6.54 Å². The van der Waals surface area contributed by atoms with Gasteiger partial charge in [-0.25, -0.2) is 4.68 Å². The first kappa shape index (κ1) is 12.8. The van der Waals surface area contributed by atoms with Crippen LogP contribution in [0.5, 0.6) is 0 Å². The third-order valence-electron chi connectivity index (χ3n) is 2.67. The number of aromatic nitrogens is 3. The summed E-state index contributed by atoms with van der Waals surface area (Å²) in [5, 5.41) is 17.0. The molecule has 0 saturated carbocycles. The topological polar surface area (TPSA) is 54.5 Å². The van der Waals surface area contributed by atoms with E-state index in [0.717, 1.165) is 15.7 Å². The molecule has 4 nitrogen and oxygen atoms in total. The summed E-state index contributed by atoms with van der Waals surface area (Å²) in [6.45, 7) is 4.71. The Morgan fingerprint density at radius 3 is 2.56 bits per heavy atom. The number of nitriles is 1. The van der Waals surface area contributed by atoms with Gasteiger partial charge >= 0.3 is 0 Å². The predicted molar refractivity (Wildman–Crippen MR) is 72.1 cm³/mol. The van der Waals surface area contributed by atoms with E-state index in [-0.39, 0.29) is 5.92 Å². The van der Waals surface area contributed by atoms with Crippen molar-refractivity contribution < 1.29 is 0 Å². The fraction of sp³-hybridized carbons (Fsp3) is 0.308. The molecule has 0 amide bonds. The Kier molecular flexibility index (Phi) is 3.78. The van der Waals surface area contributed by atoms with Gasteiger partial charge in [-0.1, -0.05) is 47.1 Å². The predicted octanol–water partition coefficient (Wildman–Crippen LogP) is 3.08. The molecular weight excluding hydrogens is 292 g/mol. The molecule has 1 aromatic carbocycles. The molecule has 0 fully saturated rings. The highest BCUT2D eigenvalue weighted by molar-refractivity contribution is 9.10. The molecule has 2 aromatic rings. The highest BCUT2D eigenvalue weighted by atomic mass is 79.9. The molecule has 18 heavy (non-hydrogen) atoms. The van der Waals surface area contributed by atoms with Crippen LogP contribution in [0.15, 0.2) is 28.7 Å². The molecule has 0 saturated heterocycles. The van der Waals surface area contributed by atoms with Gasteiger partial charge in [0.1, 0.15) is 6.07 Å². The molecule has 0 spiro atoms. The van der Waals surface area contributed by atoms with E-state index < -0.39 is 0 Å².